The lowest BCUT2D eigenvalue weighted by Gasteiger charge is -2.32. The Labute approximate surface area is 203 Å². The SMILES string of the molecule is CC(Sc1nnc(-c2c[nH]c3ccccc23)n1CC1CCCO1)C(=O)NC1(C#N)CCCCC1. The second-order valence-corrected chi connectivity index (χ2v) is 10.6. The van der Waals surface area contributed by atoms with Gasteiger partial charge in [0.2, 0.25) is 5.91 Å². The second kappa shape index (κ2) is 9.80. The summed E-state index contributed by atoms with van der Waals surface area (Å²) in [4.78, 5) is 16.4. The Balaban J connectivity index is 1.40. The summed E-state index contributed by atoms with van der Waals surface area (Å²) in [6, 6.07) is 10.5. The van der Waals surface area contributed by atoms with Crippen molar-refractivity contribution < 1.29 is 9.53 Å². The number of amides is 1. The minimum atomic E-state index is -0.745. The molecule has 1 saturated carbocycles. The summed E-state index contributed by atoms with van der Waals surface area (Å²) < 4.78 is 8.00. The molecular weight excluding hydrogens is 448 g/mol. The van der Waals surface area contributed by atoms with Crippen LogP contribution in [0.15, 0.2) is 35.6 Å². The molecule has 2 atom stereocenters. The predicted octanol–water partition coefficient (Wildman–Crippen LogP) is 4.43. The number of nitriles is 1. The average Bonchev–Trinajstić information content (AvgIpc) is 3.61. The highest BCUT2D eigenvalue weighted by Crippen LogP contribution is 2.33. The van der Waals surface area contributed by atoms with Crippen molar-refractivity contribution in [3.63, 3.8) is 0 Å². The Morgan fingerprint density at radius 1 is 1.32 bits per heavy atom. The van der Waals surface area contributed by atoms with E-state index in [1.165, 1.54) is 11.8 Å². The number of fused-ring (bicyclic) bond motifs is 1. The zero-order valence-corrected chi connectivity index (χ0v) is 20.2. The number of H-pyrrole nitrogens is 1. The van der Waals surface area contributed by atoms with Crippen molar-refractivity contribution in [2.75, 3.05) is 6.61 Å². The van der Waals surface area contributed by atoms with Crippen molar-refractivity contribution in [3.05, 3.63) is 30.5 Å². The lowest BCUT2D eigenvalue weighted by Crippen LogP contribution is -2.51. The average molecular weight is 479 g/mol. The Bertz CT molecular complexity index is 1200. The van der Waals surface area contributed by atoms with Gasteiger partial charge in [-0.25, -0.2) is 0 Å². The van der Waals surface area contributed by atoms with Crippen LogP contribution in [0.1, 0.15) is 51.9 Å². The van der Waals surface area contributed by atoms with Gasteiger partial charge in [0.15, 0.2) is 11.0 Å². The van der Waals surface area contributed by atoms with Crippen molar-refractivity contribution >= 4 is 28.6 Å². The highest BCUT2D eigenvalue weighted by atomic mass is 32.2. The molecule has 1 aromatic carbocycles. The van der Waals surface area contributed by atoms with Crippen LogP contribution >= 0.6 is 11.8 Å². The summed E-state index contributed by atoms with van der Waals surface area (Å²) in [5.74, 6) is 0.637. The molecular formula is C25H30N6O2S. The van der Waals surface area contributed by atoms with Gasteiger partial charge < -0.3 is 15.0 Å². The van der Waals surface area contributed by atoms with Gasteiger partial charge in [-0.2, -0.15) is 5.26 Å². The molecule has 2 unspecified atom stereocenters. The van der Waals surface area contributed by atoms with Gasteiger partial charge in [0.05, 0.1) is 24.0 Å². The largest absolute Gasteiger partial charge is 0.376 e. The van der Waals surface area contributed by atoms with Gasteiger partial charge in [0, 0.05) is 29.3 Å². The molecule has 0 spiro atoms. The Kier molecular flexibility index (Phi) is 6.61. The summed E-state index contributed by atoms with van der Waals surface area (Å²) in [5.41, 5.74) is 1.28. The number of nitrogens with one attached hydrogen (secondary N) is 2. The smallest absolute Gasteiger partial charge is 0.234 e. The fourth-order valence-corrected chi connectivity index (χ4v) is 5.82. The summed E-state index contributed by atoms with van der Waals surface area (Å²) in [7, 11) is 0. The number of ether oxygens (including phenoxy) is 1. The van der Waals surface area contributed by atoms with E-state index in [0.717, 1.165) is 61.0 Å². The normalized spacial score (nSPS) is 20.8. The van der Waals surface area contributed by atoms with Crippen LogP contribution < -0.4 is 5.32 Å². The third-order valence-electron chi connectivity index (χ3n) is 6.89. The van der Waals surface area contributed by atoms with Gasteiger partial charge in [-0.3, -0.25) is 9.36 Å². The molecule has 2 aromatic heterocycles. The summed E-state index contributed by atoms with van der Waals surface area (Å²) in [5, 5.41) is 23.2. The summed E-state index contributed by atoms with van der Waals surface area (Å²) in [6.45, 7) is 3.28. The molecule has 5 rings (SSSR count). The monoisotopic (exact) mass is 478 g/mol. The van der Waals surface area contributed by atoms with E-state index in [0.29, 0.717) is 24.5 Å². The quantitative estimate of drug-likeness (QED) is 0.486. The molecule has 1 saturated heterocycles. The van der Waals surface area contributed by atoms with E-state index in [1.54, 1.807) is 0 Å². The van der Waals surface area contributed by atoms with Gasteiger partial charge in [0.25, 0.3) is 0 Å². The van der Waals surface area contributed by atoms with E-state index in [1.807, 2.05) is 31.3 Å². The number of thioether (sulfide) groups is 1. The fraction of sp³-hybridized carbons (Fsp3) is 0.520. The molecule has 34 heavy (non-hydrogen) atoms. The van der Waals surface area contributed by atoms with Crippen molar-refractivity contribution in [3.8, 4) is 17.5 Å². The number of hydrogen-bond donors (Lipinski definition) is 2. The van der Waals surface area contributed by atoms with Crippen LogP contribution in [0.4, 0.5) is 0 Å². The van der Waals surface area contributed by atoms with E-state index in [-0.39, 0.29) is 12.0 Å². The van der Waals surface area contributed by atoms with Crippen LogP contribution in [0.5, 0.6) is 0 Å². The lowest BCUT2D eigenvalue weighted by atomic mass is 9.83. The first-order valence-electron chi connectivity index (χ1n) is 12.1. The molecule has 0 radical (unpaired) electrons. The number of carbonyl (C=O) groups is 1. The minimum Gasteiger partial charge on any atom is -0.376 e. The maximum Gasteiger partial charge on any atom is 0.234 e. The first-order chi connectivity index (χ1) is 16.6. The van der Waals surface area contributed by atoms with E-state index >= 15 is 0 Å². The molecule has 2 fully saturated rings. The van der Waals surface area contributed by atoms with Crippen molar-refractivity contribution in [2.45, 2.75) is 80.5 Å². The molecule has 178 valence electrons. The van der Waals surface area contributed by atoms with Gasteiger partial charge in [0.1, 0.15) is 5.54 Å². The van der Waals surface area contributed by atoms with E-state index in [4.69, 9.17) is 4.74 Å². The number of aromatic nitrogens is 4. The first kappa shape index (κ1) is 22.9. The maximum absolute atomic E-state index is 13.1. The Hall–Kier alpha value is -2.83. The van der Waals surface area contributed by atoms with Crippen molar-refractivity contribution in [1.29, 1.82) is 5.26 Å². The molecule has 1 aliphatic heterocycles. The third kappa shape index (κ3) is 4.57. The van der Waals surface area contributed by atoms with Gasteiger partial charge in [-0.05, 0) is 38.7 Å². The van der Waals surface area contributed by atoms with Gasteiger partial charge in [-0.1, -0.05) is 49.2 Å². The Morgan fingerprint density at radius 3 is 2.91 bits per heavy atom. The number of nitrogens with zero attached hydrogens (tertiary/aromatic N) is 4. The summed E-state index contributed by atoms with van der Waals surface area (Å²) in [6.07, 6.45) is 8.60. The molecule has 0 bridgehead atoms. The first-order valence-corrected chi connectivity index (χ1v) is 13.0. The van der Waals surface area contributed by atoms with E-state index in [9.17, 15) is 10.1 Å². The van der Waals surface area contributed by atoms with Crippen LogP contribution in [-0.2, 0) is 16.1 Å². The van der Waals surface area contributed by atoms with Crippen LogP contribution in [0.2, 0.25) is 0 Å². The predicted molar refractivity (Wildman–Crippen MR) is 131 cm³/mol. The molecule has 3 aromatic rings. The summed E-state index contributed by atoms with van der Waals surface area (Å²) >= 11 is 1.39. The number of carbonyl (C=O) groups excluding carboxylic acids is 1. The molecule has 1 amide bonds. The highest BCUT2D eigenvalue weighted by Gasteiger charge is 2.35. The minimum absolute atomic E-state index is 0.104. The number of para-hydroxylation sites is 1. The zero-order valence-electron chi connectivity index (χ0n) is 19.4. The molecule has 3 heterocycles. The molecule has 9 heteroatoms. The highest BCUT2D eigenvalue weighted by molar-refractivity contribution is 8.00. The lowest BCUT2D eigenvalue weighted by molar-refractivity contribution is -0.121. The second-order valence-electron chi connectivity index (χ2n) is 9.30. The molecule has 8 nitrogen and oxygen atoms in total. The molecule has 2 N–H and O–H groups in total. The van der Waals surface area contributed by atoms with Crippen LogP contribution in [-0.4, -0.2) is 49.2 Å². The number of benzene rings is 1. The molecule has 2 aliphatic rings. The number of hydrogen-bond acceptors (Lipinski definition) is 6. The van der Waals surface area contributed by atoms with E-state index < -0.39 is 10.8 Å². The fourth-order valence-electron chi connectivity index (χ4n) is 4.96. The van der Waals surface area contributed by atoms with Gasteiger partial charge in [-0.15, -0.1) is 10.2 Å². The van der Waals surface area contributed by atoms with Crippen LogP contribution in [0, 0.1) is 11.3 Å². The van der Waals surface area contributed by atoms with E-state index in [2.05, 4.69) is 37.2 Å². The zero-order chi connectivity index (χ0) is 23.5. The topological polar surface area (TPSA) is 109 Å². The van der Waals surface area contributed by atoms with Crippen molar-refractivity contribution in [2.24, 2.45) is 0 Å². The standard InChI is InChI=1S/C25H30N6O2S/c1-17(23(32)28-25(16-26)11-5-2-6-12-25)34-24-30-29-22(31(24)15-18-8-7-13-33-18)20-14-27-21-10-4-3-9-19(20)21/h3-4,9-10,14,17-18,27H,2,5-8,11-13,15H2,1H3,(H,28,32). The van der Waals surface area contributed by atoms with Gasteiger partial charge >= 0.3 is 0 Å². The van der Waals surface area contributed by atoms with Crippen molar-refractivity contribution in [1.82, 2.24) is 25.1 Å². The number of aromatic amines is 1. The number of rotatable bonds is 7. The van der Waals surface area contributed by atoms with Crippen LogP contribution in [0.25, 0.3) is 22.3 Å². The Morgan fingerprint density at radius 2 is 2.15 bits per heavy atom. The third-order valence-corrected chi connectivity index (χ3v) is 7.97. The molecule has 1 aliphatic carbocycles. The van der Waals surface area contributed by atoms with Crippen LogP contribution in [0.3, 0.4) is 0 Å². The maximum atomic E-state index is 13.1.